The van der Waals surface area contributed by atoms with Gasteiger partial charge >= 0.3 is 0 Å². The van der Waals surface area contributed by atoms with Crippen LogP contribution in [-0.4, -0.2) is 0 Å². The van der Waals surface area contributed by atoms with Crippen LogP contribution in [-0.2, 0) is 0 Å². The molecule has 0 radical (unpaired) electrons. The summed E-state index contributed by atoms with van der Waals surface area (Å²) in [6, 6.07) is 6.19. The summed E-state index contributed by atoms with van der Waals surface area (Å²) in [6.45, 7) is -2.05. The van der Waals surface area contributed by atoms with Gasteiger partial charge in [-0.2, -0.15) is 0 Å². The molecule has 0 heterocycles. The summed E-state index contributed by atoms with van der Waals surface area (Å²) in [7, 11) is 0. The molecule has 0 aliphatic heterocycles. The molecule has 0 aliphatic carbocycles. The van der Waals surface area contributed by atoms with Gasteiger partial charge in [0.1, 0.15) is 0 Å². The number of aryl methyl sites for hydroxylation is 1. The topological polar surface area (TPSA) is 0 Å². The molecule has 0 aromatic heterocycles. The van der Waals surface area contributed by atoms with Crippen molar-refractivity contribution in [2.45, 2.75) is 6.85 Å². The molecule has 0 aliphatic rings. The van der Waals surface area contributed by atoms with Crippen molar-refractivity contribution in [3.05, 3.63) is 35.9 Å². The lowest BCUT2D eigenvalue weighted by atomic mass is 10.2. The highest BCUT2D eigenvalue weighted by molar-refractivity contribution is 5.11. The fourth-order valence-electron chi connectivity index (χ4n) is 0.387. The molecule has 0 saturated carbocycles. The van der Waals surface area contributed by atoms with Crippen LogP contribution in [0, 0.1) is 6.85 Å². The van der Waals surface area contributed by atoms with Crippen molar-refractivity contribution in [1.29, 1.82) is 0 Å². The van der Waals surface area contributed by atoms with Crippen LogP contribution in [0.5, 0.6) is 0 Å². The summed E-state index contributed by atoms with van der Waals surface area (Å²) in [5.41, 5.74) is 0.286. The molecule has 0 bridgehead atoms. The van der Waals surface area contributed by atoms with Gasteiger partial charge in [-0.25, -0.2) is 0 Å². The zero-order valence-corrected chi connectivity index (χ0v) is 3.81. The van der Waals surface area contributed by atoms with Crippen molar-refractivity contribution >= 4 is 0 Å². The van der Waals surface area contributed by atoms with Gasteiger partial charge in [-0.3, -0.25) is 0 Å². The van der Waals surface area contributed by atoms with Gasteiger partial charge in [0.25, 0.3) is 0 Å². The normalized spacial score (nSPS) is 18.9. The van der Waals surface area contributed by atoms with E-state index in [0.29, 0.717) is 6.04 Å². The molecule has 0 atom stereocenters. The lowest BCUT2D eigenvalue weighted by Gasteiger charge is -1.82. The number of hydrogen-bond acceptors (Lipinski definition) is 0. The molecule has 0 unspecified atom stereocenters. The Bertz CT molecular complexity index is 234. The summed E-state index contributed by atoms with van der Waals surface area (Å²) in [4.78, 5) is 0. The third-order valence-electron chi connectivity index (χ3n) is 0.718. The fraction of sp³-hybridized carbons (Fsp3) is 0.143. The SMILES string of the molecule is [2H]c1ccc(C([2H])([2H])[2H])cc1. The monoisotopic (exact) mass is 96.1 g/mol. The van der Waals surface area contributed by atoms with Crippen LogP contribution in [0.2, 0.25) is 0 Å². The number of benzene rings is 1. The Morgan fingerprint density at radius 2 is 2.29 bits per heavy atom. The van der Waals surface area contributed by atoms with Crippen LogP contribution in [0.1, 0.15) is 11.0 Å². The molecule has 36 valence electrons. The second kappa shape index (κ2) is 1.78. The molecule has 0 saturated heterocycles. The average molecular weight is 96.2 g/mol. The highest BCUT2D eigenvalue weighted by Gasteiger charge is 1.72. The van der Waals surface area contributed by atoms with E-state index in [1.165, 1.54) is 24.3 Å². The standard InChI is InChI=1S/C7H8/c1-7-5-3-2-4-6-7/h2-6H,1H3/i1D3,2D. The van der Waals surface area contributed by atoms with Gasteiger partial charge in [0.15, 0.2) is 0 Å². The highest BCUT2D eigenvalue weighted by atomic mass is 13.8. The summed E-state index contributed by atoms with van der Waals surface area (Å²) in [5, 5.41) is 0. The first-order valence-corrected chi connectivity index (χ1v) is 2.07. The molecule has 0 amide bonds. The first kappa shape index (κ1) is 1.62. The molecule has 0 nitrogen and oxygen atoms in total. The second-order valence-corrected chi connectivity index (χ2v) is 1.29. The van der Waals surface area contributed by atoms with Crippen LogP contribution in [0.15, 0.2) is 30.3 Å². The predicted octanol–water partition coefficient (Wildman–Crippen LogP) is 2.00. The molecule has 1 rings (SSSR count). The molecule has 0 fully saturated rings. The Kier molecular flexibility index (Phi) is 0.413. The Labute approximate surface area is 49.4 Å². The highest BCUT2D eigenvalue weighted by Crippen LogP contribution is 1.92. The quantitative estimate of drug-likeness (QED) is 0.463. The minimum absolute atomic E-state index is 0.286. The maximum absolute atomic E-state index is 7.11. The Balaban J connectivity index is 2.99. The average Bonchev–Trinajstić information content (AvgIpc) is 1.86. The van der Waals surface area contributed by atoms with Gasteiger partial charge in [0, 0.05) is 4.11 Å². The zero-order valence-electron chi connectivity index (χ0n) is 7.81. The van der Waals surface area contributed by atoms with Crippen molar-refractivity contribution in [2.75, 3.05) is 0 Å². The van der Waals surface area contributed by atoms with Crippen molar-refractivity contribution in [1.82, 2.24) is 0 Å². The largest absolute Gasteiger partial charge is 0.0623 e. The third kappa shape index (κ3) is 1.04. The Morgan fingerprint density at radius 1 is 1.57 bits per heavy atom. The maximum Gasteiger partial charge on any atom is 0.0623 e. The van der Waals surface area contributed by atoms with Crippen LogP contribution in [0.3, 0.4) is 0 Å². The van der Waals surface area contributed by atoms with Gasteiger partial charge < -0.3 is 0 Å². The number of hydrogen-bond donors (Lipinski definition) is 0. The molecule has 0 spiro atoms. The van der Waals surface area contributed by atoms with Crippen molar-refractivity contribution in [3.8, 4) is 0 Å². The van der Waals surface area contributed by atoms with Crippen LogP contribution in [0.25, 0.3) is 0 Å². The van der Waals surface area contributed by atoms with Crippen molar-refractivity contribution in [3.63, 3.8) is 0 Å². The number of rotatable bonds is 0. The molecule has 1 aromatic rings. The van der Waals surface area contributed by atoms with E-state index in [0.717, 1.165) is 0 Å². The molecule has 0 heteroatoms. The smallest absolute Gasteiger partial charge is 0.0622 e. The molecular weight excluding hydrogens is 84.1 g/mol. The zero-order chi connectivity index (χ0) is 8.48. The van der Waals surface area contributed by atoms with E-state index < -0.39 is 6.85 Å². The maximum atomic E-state index is 7.11. The molecule has 1 aromatic carbocycles. The van der Waals surface area contributed by atoms with Gasteiger partial charge in [0.2, 0.25) is 0 Å². The van der Waals surface area contributed by atoms with Gasteiger partial charge in [-0.15, -0.1) is 0 Å². The Morgan fingerprint density at radius 3 is 2.86 bits per heavy atom. The molecular formula is C7H8. The van der Waals surface area contributed by atoms with E-state index in [9.17, 15) is 0 Å². The van der Waals surface area contributed by atoms with E-state index in [4.69, 9.17) is 5.48 Å². The van der Waals surface area contributed by atoms with Crippen LogP contribution < -0.4 is 0 Å². The Hall–Kier alpha value is -0.780. The van der Waals surface area contributed by atoms with Crippen LogP contribution >= 0.6 is 0 Å². The van der Waals surface area contributed by atoms with Crippen molar-refractivity contribution in [2.24, 2.45) is 0 Å². The van der Waals surface area contributed by atoms with Crippen molar-refractivity contribution < 1.29 is 5.48 Å². The van der Waals surface area contributed by atoms with Gasteiger partial charge in [-0.05, 0) is 6.85 Å². The minimum atomic E-state index is -2.05. The summed E-state index contributed by atoms with van der Waals surface area (Å²) >= 11 is 0. The van der Waals surface area contributed by atoms with E-state index in [2.05, 4.69) is 0 Å². The van der Waals surface area contributed by atoms with Crippen LogP contribution in [0.4, 0.5) is 0 Å². The molecule has 7 heavy (non-hydrogen) atoms. The fourth-order valence-corrected chi connectivity index (χ4v) is 0.387. The van der Waals surface area contributed by atoms with Gasteiger partial charge in [-0.1, -0.05) is 35.9 Å². The van der Waals surface area contributed by atoms with E-state index in [-0.39, 0.29) is 5.56 Å². The summed E-state index contributed by atoms with van der Waals surface area (Å²) in [6.07, 6.45) is 0. The first-order valence-electron chi connectivity index (χ1n) is 4.07. The summed E-state index contributed by atoms with van der Waals surface area (Å²) in [5.74, 6) is 0. The predicted molar refractivity (Wildman–Crippen MR) is 31.2 cm³/mol. The third-order valence-corrected chi connectivity index (χ3v) is 0.718. The summed E-state index contributed by atoms with van der Waals surface area (Å²) < 4.78 is 28.2. The second-order valence-electron chi connectivity index (χ2n) is 1.29. The lowest BCUT2D eigenvalue weighted by Crippen LogP contribution is -1.62. The molecule has 0 N–H and O–H groups in total. The van der Waals surface area contributed by atoms with E-state index >= 15 is 0 Å². The van der Waals surface area contributed by atoms with Gasteiger partial charge in [0.05, 0.1) is 1.37 Å². The van der Waals surface area contributed by atoms with E-state index in [1.54, 1.807) is 0 Å². The van der Waals surface area contributed by atoms with E-state index in [1.807, 2.05) is 0 Å². The lowest BCUT2D eigenvalue weighted by molar-refractivity contribution is 1.48. The first-order chi connectivity index (χ1) is 5.00. The minimum Gasteiger partial charge on any atom is -0.0622 e.